The van der Waals surface area contributed by atoms with E-state index in [0.29, 0.717) is 11.3 Å². The molecule has 0 saturated carbocycles. The van der Waals surface area contributed by atoms with E-state index in [0.717, 1.165) is 0 Å². The predicted molar refractivity (Wildman–Crippen MR) is 60.6 cm³/mol. The standard InChI is InChI=1S/C10H13NO4S/c11-9-3-1-8(2-4-9)7-16(14,15)6-5-10(12)13/h1-4H,5-7,11H2,(H,12,13). The summed E-state index contributed by atoms with van der Waals surface area (Å²) in [5, 5.41) is 8.40. The van der Waals surface area contributed by atoms with Crippen LogP contribution in [0, 0.1) is 0 Å². The minimum atomic E-state index is -3.36. The highest BCUT2D eigenvalue weighted by Gasteiger charge is 2.13. The molecule has 0 unspecified atom stereocenters. The van der Waals surface area contributed by atoms with Crippen LogP contribution in [0.4, 0.5) is 5.69 Å². The van der Waals surface area contributed by atoms with Crippen LogP contribution in [0.5, 0.6) is 0 Å². The number of carbonyl (C=O) groups is 1. The van der Waals surface area contributed by atoms with E-state index in [4.69, 9.17) is 10.8 Å². The van der Waals surface area contributed by atoms with Gasteiger partial charge in [0.2, 0.25) is 0 Å². The van der Waals surface area contributed by atoms with Crippen molar-refractivity contribution in [2.75, 3.05) is 11.5 Å². The van der Waals surface area contributed by atoms with Crippen molar-refractivity contribution in [1.29, 1.82) is 0 Å². The van der Waals surface area contributed by atoms with Crippen molar-refractivity contribution < 1.29 is 18.3 Å². The average Bonchev–Trinajstić information content (AvgIpc) is 2.19. The number of benzene rings is 1. The lowest BCUT2D eigenvalue weighted by Gasteiger charge is -2.03. The normalized spacial score (nSPS) is 11.2. The second kappa shape index (κ2) is 4.98. The van der Waals surface area contributed by atoms with Gasteiger partial charge in [0.25, 0.3) is 0 Å². The van der Waals surface area contributed by atoms with Crippen LogP contribution in [0.1, 0.15) is 12.0 Å². The first-order chi connectivity index (χ1) is 7.39. The number of nitrogen functional groups attached to an aromatic ring is 1. The van der Waals surface area contributed by atoms with Crippen LogP contribution in [0.2, 0.25) is 0 Å². The van der Waals surface area contributed by atoms with Crippen molar-refractivity contribution in [3.8, 4) is 0 Å². The Morgan fingerprint density at radius 1 is 1.25 bits per heavy atom. The molecule has 0 aliphatic rings. The molecule has 6 heteroatoms. The zero-order chi connectivity index (χ0) is 12.2. The first-order valence-electron chi connectivity index (χ1n) is 4.66. The SMILES string of the molecule is Nc1ccc(CS(=O)(=O)CCC(=O)O)cc1. The van der Waals surface area contributed by atoms with E-state index in [1.807, 2.05) is 0 Å². The lowest BCUT2D eigenvalue weighted by molar-refractivity contribution is -0.136. The fraction of sp³-hybridized carbons (Fsp3) is 0.300. The van der Waals surface area contributed by atoms with E-state index >= 15 is 0 Å². The Labute approximate surface area is 93.8 Å². The minimum Gasteiger partial charge on any atom is -0.481 e. The third-order valence-corrected chi connectivity index (χ3v) is 3.59. The third-order valence-electron chi connectivity index (χ3n) is 1.99. The van der Waals surface area contributed by atoms with Gasteiger partial charge in [0.1, 0.15) is 0 Å². The maximum atomic E-state index is 11.5. The van der Waals surface area contributed by atoms with Crippen LogP contribution in [-0.2, 0) is 20.4 Å². The summed E-state index contributed by atoms with van der Waals surface area (Å²) < 4.78 is 23.0. The highest BCUT2D eigenvalue weighted by Crippen LogP contribution is 2.10. The van der Waals surface area contributed by atoms with Gasteiger partial charge in [-0.25, -0.2) is 8.42 Å². The Morgan fingerprint density at radius 2 is 1.81 bits per heavy atom. The number of rotatable bonds is 5. The van der Waals surface area contributed by atoms with Gasteiger partial charge in [0, 0.05) is 5.69 Å². The van der Waals surface area contributed by atoms with Crippen molar-refractivity contribution in [2.24, 2.45) is 0 Å². The summed E-state index contributed by atoms with van der Waals surface area (Å²) in [6.45, 7) is 0. The van der Waals surface area contributed by atoms with E-state index in [1.165, 1.54) is 0 Å². The zero-order valence-electron chi connectivity index (χ0n) is 8.59. The molecule has 5 nitrogen and oxygen atoms in total. The molecule has 0 aliphatic heterocycles. The first kappa shape index (κ1) is 12.5. The molecule has 0 atom stereocenters. The molecule has 1 aromatic carbocycles. The molecule has 1 aromatic rings. The quantitative estimate of drug-likeness (QED) is 0.740. The van der Waals surface area contributed by atoms with Crippen molar-refractivity contribution in [3.05, 3.63) is 29.8 Å². The van der Waals surface area contributed by atoms with Gasteiger partial charge in [0.05, 0.1) is 17.9 Å². The summed E-state index contributed by atoms with van der Waals surface area (Å²) in [5.74, 6) is -1.60. The van der Waals surface area contributed by atoms with Gasteiger partial charge in [-0.3, -0.25) is 4.79 Å². The van der Waals surface area contributed by atoms with E-state index in [2.05, 4.69) is 0 Å². The van der Waals surface area contributed by atoms with Crippen LogP contribution < -0.4 is 5.73 Å². The lowest BCUT2D eigenvalue weighted by atomic mass is 10.2. The monoisotopic (exact) mass is 243 g/mol. The van der Waals surface area contributed by atoms with E-state index < -0.39 is 15.8 Å². The van der Waals surface area contributed by atoms with E-state index in [-0.39, 0.29) is 17.9 Å². The van der Waals surface area contributed by atoms with Gasteiger partial charge in [-0.05, 0) is 17.7 Å². The third kappa shape index (κ3) is 4.31. The Kier molecular flexibility index (Phi) is 3.89. The molecule has 0 saturated heterocycles. The van der Waals surface area contributed by atoms with Crippen LogP contribution in [0.25, 0.3) is 0 Å². The number of nitrogens with two attached hydrogens (primary N) is 1. The molecular weight excluding hydrogens is 230 g/mol. The van der Waals surface area contributed by atoms with Gasteiger partial charge >= 0.3 is 5.97 Å². The van der Waals surface area contributed by atoms with Crippen LogP contribution in [0.15, 0.2) is 24.3 Å². The highest BCUT2D eigenvalue weighted by atomic mass is 32.2. The van der Waals surface area contributed by atoms with Crippen molar-refractivity contribution in [3.63, 3.8) is 0 Å². The number of carboxylic acid groups (broad SMARTS) is 1. The van der Waals surface area contributed by atoms with Gasteiger partial charge in [0.15, 0.2) is 9.84 Å². The van der Waals surface area contributed by atoms with Crippen LogP contribution in [-0.4, -0.2) is 25.2 Å². The zero-order valence-corrected chi connectivity index (χ0v) is 9.40. The summed E-state index contributed by atoms with van der Waals surface area (Å²) in [6, 6.07) is 6.46. The summed E-state index contributed by atoms with van der Waals surface area (Å²) in [7, 11) is -3.36. The molecule has 0 aliphatic carbocycles. The molecule has 88 valence electrons. The lowest BCUT2D eigenvalue weighted by Crippen LogP contribution is -2.12. The number of sulfone groups is 1. The van der Waals surface area contributed by atoms with Gasteiger partial charge in [-0.15, -0.1) is 0 Å². The number of hydrogen-bond donors (Lipinski definition) is 2. The molecule has 3 N–H and O–H groups in total. The second-order valence-electron chi connectivity index (χ2n) is 3.48. The molecule has 0 radical (unpaired) electrons. The van der Waals surface area contributed by atoms with E-state index in [9.17, 15) is 13.2 Å². The number of hydrogen-bond acceptors (Lipinski definition) is 4. The summed E-state index contributed by atoms with van der Waals surface area (Å²) in [4.78, 5) is 10.3. The molecule has 0 aromatic heterocycles. The van der Waals surface area contributed by atoms with Crippen molar-refractivity contribution in [1.82, 2.24) is 0 Å². The number of aliphatic carboxylic acids is 1. The summed E-state index contributed by atoms with van der Waals surface area (Å²) in [5.41, 5.74) is 6.63. The van der Waals surface area contributed by atoms with Gasteiger partial charge in [-0.2, -0.15) is 0 Å². The van der Waals surface area contributed by atoms with Gasteiger partial charge in [-0.1, -0.05) is 12.1 Å². The number of anilines is 1. The smallest absolute Gasteiger partial charge is 0.304 e. The molecule has 1 rings (SSSR count). The largest absolute Gasteiger partial charge is 0.481 e. The Hall–Kier alpha value is -1.56. The van der Waals surface area contributed by atoms with Crippen molar-refractivity contribution in [2.45, 2.75) is 12.2 Å². The van der Waals surface area contributed by atoms with Crippen molar-refractivity contribution >= 4 is 21.5 Å². The molecule has 0 fully saturated rings. The molecule has 16 heavy (non-hydrogen) atoms. The van der Waals surface area contributed by atoms with Crippen LogP contribution >= 0.6 is 0 Å². The molecule has 0 spiro atoms. The Balaban J connectivity index is 2.65. The molecule has 0 heterocycles. The maximum absolute atomic E-state index is 11.5. The fourth-order valence-corrected chi connectivity index (χ4v) is 2.51. The predicted octanol–water partition coefficient (Wildman–Crippen LogP) is 0.658. The fourth-order valence-electron chi connectivity index (χ4n) is 1.18. The van der Waals surface area contributed by atoms with Crippen LogP contribution in [0.3, 0.4) is 0 Å². The summed E-state index contributed by atoms with van der Waals surface area (Å²) >= 11 is 0. The van der Waals surface area contributed by atoms with Gasteiger partial charge < -0.3 is 10.8 Å². The highest BCUT2D eigenvalue weighted by molar-refractivity contribution is 7.90. The van der Waals surface area contributed by atoms with E-state index in [1.54, 1.807) is 24.3 Å². The second-order valence-corrected chi connectivity index (χ2v) is 5.66. The Bertz CT molecular complexity index is 464. The maximum Gasteiger partial charge on any atom is 0.304 e. The first-order valence-corrected chi connectivity index (χ1v) is 6.48. The number of carboxylic acids is 1. The summed E-state index contributed by atoms with van der Waals surface area (Å²) in [6.07, 6.45) is -0.364. The topological polar surface area (TPSA) is 97.5 Å². The molecule has 0 bridgehead atoms. The Morgan fingerprint density at radius 3 is 2.31 bits per heavy atom. The molecular formula is C10H13NO4S. The minimum absolute atomic E-state index is 0.152. The molecule has 0 amide bonds. The average molecular weight is 243 g/mol.